The summed E-state index contributed by atoms with van der Waals surface area (Å²) in [7, 11) is 1.27. The molecule has 0 saturated carbocycles. The fraction of sp³-hybridized carbons (Fsp3) is 0.391. The van der Waals surface area contributed by atoms with E-state index in [0.29, 0.717) is 12.3 Å². The number of ether oxygens (including phenoxy) is 5. The molecular weight excluding hydrogens is 459 g/mol. The molecule has 0 aliphatic heterocycles. The Hall–Kier alpha value is -3.15. The van der Waals surface area contributed by atoms with Gasteiger partial charge in [-0.2, -0.15) is 13.2 Å². The average molecular weight is 485 g/mol. The Morgan fingerprint density at radius 3 is 2.18 bits per heavy atom. The third-order valence-electron chi connectivity index (χ3n) is 4.27. The minimum Gasteiger partial charge on any atom is -0.467 e. The number of hydrogen-bond acceptors (Lipinski definition) is 8. The number of alkyl halides is 3. The minimum absolute atomic E-state index is 0.0149. The molecule has 0 fully saturated rings. The van der Waals surface area contributed by atoms with Crippen molar-refractivity contribution in [3.8, 4) is 0 Å². The van der Waals surface area contributed by atoms with E-state index in [2.05, 4.69) is 10.1 Å². The van der Waals surface area contributed by atoms with Crippen molar-refractivity contribution in [2.45, 2.75) is 6.18 Å². The molecule has 0 bridgehead atoms. The standard InChI is InChI=1S/C23H26F3NO7/c1-30-21(28)16-33-12-11-31-9-10-32-13-14-34-22(29)19-7-2-3-8-20(19)27-18-6-4-5-17(15-18)23(24,25)26/h2-8,15,27H,9-14,16H2,1H3. The Morgan fingerprint density at radius 2 is 1.50 bits per heavy atom. The van der Waals surface area contributed by atoms with Crippen LogP contribution < -0.4 is 5.32 Å². The second kappa shape index (κ2) is 14.2. The van der Waals surface area contributed by atoms with Crippen LogP contribution in [0.3, 0.4) is 0 Å². The Labute approximate surface area is 194 Å². The first-order valence-corrected chi connectivity index (χ1v) is 10.3. The molecule has 0 aromatic heterocycles. The summed E-state index contributed by atoms with van der Waals surface area (Å²) in [4.78, 5) is 23.3. The molecule has 0 aliphatic rings. The van der Waals surface area contributed by atoms with E-state index in [-0.39, 0.29) is 50.9 Å². The quantitative estimate of drug-likeness (QED) is 0.319. The topological polar surface area (TPSA) is 92.3 Å². The van der Waals surface area contributed by atoms with Gasteiger partial charge in [-0.25, -0.2) is 9.59 Å². The zero-order chi connectivity index (χ0) is 24.8. The smallest absolute Gasteiger partial charge is 0.416 e. The number of halogens is 3. The van der Waals surface area contributed by atoms with Gasteiger partial charge in [0.2, 0.25) is 0 Å². The number of carbonyl (C=O) groups excluding carboxylic acids is 2. The summed E-state index contributed by atoms with van der Waals surface area (Å²) in [5, 5.41) is 2.83. The number of para-hydroxylation sites is 1. The highest BCUT2D eigenvalue weighted by Crippen LogP contribution is 2.32. The lowest BCUT2D eigenvalue weighted by Gasteiger charge is -2.13. The summed E-state index contributed by atoms with van der Waals surface area (Å²) in [6.07, 6.45) is -4.47. The van der Waals surface area contributed by atoms with Crippen molar-refractivity contribution in [3.05, 3.63) is 59.7 Å². The normalized spacial score (nSPS) is 11.2. The molecule has 0 atom stereocenters. The van der Waals surface area contributed by atoms with E-state index in [0.717, 1.165) is 12.1 Å². The zero-order valence-corrected chi connectivity index (χ0v) is 18.6. The van der Waals surface area contributed by atoms with Crippen LogP contribution in [0.25, 0.3) is 0 Å². The molecule has 0 aliphatic carbocycles. The number of hydrogen-bond donors (Lipinski definition) is 1. The molecule has 8 nitrogen and oxygen atoms in total. The summed E-state index contributed by atoms with van der Waals surface area (Å²) in [5.41, 5.74) is -0.118. The molecule has 0 unspecified atom stereocenters. The number of esters is 2. The SMILES string of the molecule is COC(=O)COCCOCCOCCOC(=O)c1ccccc1Nc1cccc(C(F)(F)F)c1. The first-order valence-electron chi connectivity index (χ1n) is 10.3. The van der Waals surface area contributed by atoms with Crippen LogP contribution in [0, 0.1) is 0 Å². The van der Waals surface area contributed by atoms with Gasteiger partial charge in [0.1, 0.15) is 13.2 Å². The first-order chi connectivity index (χ1) is 16.3. The summed E-state index contributed by atoms with van der Waals surface area (Å²) in [6, 6.07) is 11.0. The van der Waals surface area contributed by atoms with Crippen molar-refractivity contribution in [2.75, 3.05) is 58.7 Å². The van der Waals surface area contributed by atoms with Gasteiger partial charge in [-0.15, -0.1) is 0 Å². The highest BCUT2D eigenvalue weighted by molar-refractivity contribution is 5.96. The Morgan fingerprint density at radius 1 is 0.853 bits per heavy atom. The second-order valence-electron chi connectivity index (χ2n) is 6.74. The number of benzene rings is 2. The summed E-state index contributed by atoms with van der Waals surface area (Å²) in [6.45, 7) is 1.06. The summed E-state index contributed by atoms with van der Waals surface area (Å²) < 4.78 is 64.0. The number of rotatable bonds is 14. The van der Waals surface area contributed by atoms with Gasteiger partial charge in [0, 0.05) is 5.69 Å². The van der Waals surface area contributed by atoms with E-state index in [9.17, 15) is 22.8 Å². The molecule has 186 valence electrons. The molecule has 2 aromatic rings. The first kappa shape index (κ1) is 27.1. The second-order valence-corrected chi connectivity index (χ2v) is 6.74. The lowest BCUT2D eigenvalue weighted by Crippen LogP contribution is -2.16. The van der Waals surface area contributed by atoms with Crippen LogP contribution in [-0.2, 0) is 34.7 Å². The molecule has 2 rings (SSSR count). The number of methoxy groups -OCH3 is 1. The van der Waals surface area contributed by atoms with Crippen LogP contribution in [0.2, 0.25) is 0 Å². The van der Waals surface area contributed by atoms with Crippen LogP contribution in [0.15, 0.2) is 48.5 Å². The molecule has 0 amide bonds. The largest absolute Gasteiger partial charge is 0.467 e. The predicted octanol–water partition coefficient (Wildman–Crippen LogP) is 3.83. The maximum Gasteiger partial charge on any atom is 0.416 e. The van der Waals surface area contributed by atoms with E-state index in [4.69, 9.17) is 18.9 Å². The number of anilines is 2. The lowest BCUT2D eigenvalue weighted by atomic mass is 10.1. The van der Waals surface area contributed by atoms with Crippen molar-refractivity contribution < 1.29 is 46.4 Å². The van der Waals surface area contributed by atoms with Gasteiger partial charge in [-0.05, 0) is 30.3 Å². The van der Waals surface area contributed by atoms with Crippen molar-refractivity contribution >= 4 is 23.3 Å². The van der Waals surface area contributed by atoms with Gasteiger partial charge < -0.3 is 29.0 Å². The number of carbonyl (C=O) groups is 2. The van der Waals surface area contributed by atoms with Gasteiger partial charge in [-0.1, -0.05) is 18.2 Å². The van der Waals surface area contributed by atoms with Gasteiger partial charge in [-0.3, -0.25) is 0 Å². The third-order valence-corrected chi connectivity index (χ3v) is 4.27. The maximum atomic E-state index is 12.9. The van der Waals surface area contributed by atoms with E-state index < -0.39 is 23.7 Å². The minimum atomic E-state index is -4.47. The van der Waals surface area contributed by atoms with Crippen LogP contribution >= 0.6 is 0 Å². The van der Waals surface area contributed by atoms with E-state index in [1.807, 2.05) is 0 Å². The molecule has 1 N–H and O–H groups in total. The average Bonchev–Trinajstić information content (AvgIpc) is 2.82. The molecule has 0 saturated heterocycles. The van der Waals surface area contributed by atoms with E-state index >= 15 is 0 Å². The molecule has 0 radical (unpaired) electrons. The molecule has 11 heteroatoms. The van der Waals surface area contributed by atoms with Crippen LogP contribution in [0.4, 0.5) is 24.5 Å². The van der Waals surface area contributed by atoms with Crippen LogP contribution in [0.5, 0.6) is 0 Å². The molecular formula is C23H26F3NO7. The maximum absolute atomic E-state index is 12.9. The van der Waals surface area contributed by atoms with Gasteiger partial charge in [0.15, 0.2) is 0 Å². The highest BCUT2D eigenvalue weighted by Gasteiger charge is 2.30. The highest BCUT2D eigenvalue weighted by atomic mass is 19.4. The van der Waals surface area contributed by atoms with Crippen LogP contribution in [0.1, 0.15) is 15.9 Å². The Kier molecular flexibility index (Phi) is 11.3. The van der Waals surface area contributed by atoms with Gasteiger partial charge in [0.05, 0.1) is 57.0 Å². The van der Waals surface area contributed by atoms with Crippen molar-refractivity contribution in [1.29, 1.82) is 0 Å². The van der Waals surface area contributed by atoms with Crippen molar-refractivity contribution in [2.24, 2.45) is 0 Å². The molecule has 34 heavy (non-hydrogen) atoms. The number of nitrogens with one attached hydrogen (secondary N) is 1. The Bertz CT molecular complexity index is 921. The summed E-state index contributed by atoms with van der Waals surface area (Å²) >= 11 is 0. The fourth-order valence-corrected chi connectivity index (χ4v) is 2.62. The third kappa shape index (κ3) is 9.77. The monoisotopic (exact) mass is 485 g/mol. The van der Waals surface area contributed by atoms with Gasteiger partial charge >= 0.3 is 18.1 Å². The molecule has 2 aromatic carbocycles. The van der Waals surface area contributed by atoms with Crippen LogP contribution in [-0.4, -0.2) is 65.3 Å². The fourth-order valence-electron chi connectivity index (χ4n) is 2.62. The predicted molar refractivity (Wildman–Crippen MR) is 116 cm³/mol. The van der Waals surface area contributed by atoms with Gasteiger partial charge in [0.25, 0.3) is 0 Å². The van der Waals surface area contributed by atoms with E-state index in [1.165, 1.54) is 25.3 Å². The lowest BCUT2D eigenvalue weighted by molar-refractivity contribution is -0.146. The molecule has 0 spiro atoms. The van der Waals surface area contributed by atoms with E-state index in [1.54, 1.807) is 18.2 Å². The van der Waals surface area contributed by atoms with Crippen molar-refractivity contribution in [3.63, 3.8) is 0 Å². The summed E-state index contributed by atoms with van der Waals surface area (Å²) in [5.74, 6) is -1.11. The molecule has 0 heterocycles. The van der Waals surface area contributed by atoms with Crippen molar-refractivity contribution in [1.82, 2.24) is 0 Å². The zero-order valence-electron chi connectivity index (χ0n) is 18.6. The Balaban J connectivity index is 1.70.